The lowest BCUT2D eigenvalue weighted by Crippen LogP contribution is -2.77. The number of carbonyl (C=O) groups excluding carboxylic acids is 3. The predicted molar refractivity (Wildman–Crippen MR) is 174 cm³/mol. The standard InChI is InChI=1S/C32H43F2N9O4S/c1-19-16-41-26-22(14-23(24(33)25(26)34)28-36-35-21(3)48-28)15-32(27(41)20(2)47-19)29(44)42(17-39-10-6-37(4)7-11-39)31(46)43(30(32)45)18-40-12-8-38(5)9-13-40/h14,19-20,27H,6-13,15-18H2,1-5H3/t19-,20+,27?/m0/s1. The number of aryl methyl sites for hydroxylation is 1. The van der Waals surface area contributed by atoms with Gasteiger partial charge in [0.05, 0.1) is 42.8 Å². The molecule has 0 aliphatic carbocycles. The van der Waals surface area contributed by atoms with Crippen molar-refractivity contribution in [2.45, 2.75) is 45.4 Å². The van der Waals surface area contributed by atoms with Crippen LogP contribution in [0.5, 0.6) is 0 Å². The Hall–Kier alpha value is -3.15. The molecule has 7 rings (SSSR count). The third kappa shape index (κ3) is 5.50. The molecule has 1 aromatic heterocycles. The minimum Gasteiger partial charge on any atom is -0.372 e. The van der Waals surface area contributed by atoms with E-state index < -0.39 is 53.1 Å². The average Bonchev–Trinajstić information content (AvgIpc) is 3.49. The Morgan fingerprint density at radius 2 is 1.44 bits per heavy atom. The Bertz CT molecular complexity index is 1560. The minimum absolute atomic E-state index is 0.0175. The number of benzene rings is 1. The van der Waals surface area contributed by atoms with E-state index in [1.165, 1.54) is 15.9 Å². The lowest BCUT2D eigenvalue weighted by atomic mass is 9.65. The van der Waals surface area contributed by atoms with E-state index in [2.05, 4.69) is 29.8 Å². The van der Waals surface area contributed by atoms with Crippen LogP contribution in [0.15, 0.2) is 6.07 Å². The van der Waals surface area contributed by atoms with Gasteiger partial charge in [0.1, 0.15) is 5.01 Å². The fourth-order valence-electron chi connectivity index (χ4n) is 8.03. The summed E-state index contributed by atoms with van der Waals surface area (Å²) in [5.41, 5.74) is -1.58. The Morgan fingerprint density at radius 3 is 1.96 bits per heavy atom. The summed E-state index contributed by atoms with van der Waals surface area (Å²) in [5, 5.41) is 8.85. The number of rotatable bonds is 5. The van der Waals surface area contributed by atoms with Crippen molar-refractivity contribution in [3.8, 4) is 10.6 Å². The minimum atomic E-state index is -1.84. The molecule has 0 saturated carbocycles. The van der Waals surface area contributed by atoms with Crippen molar-refractivity contribution in [3.05, 3.63) is 28.3 Å². The summed E-state index contributed by atoms with van der Waals surface area (Å²) >= 11 is 1.13. The van der Waals surface area contributed by atoms with Gasteiger partial charge < -0.3 is 19.4 Å². The van der Waals surface area contributed by atoms with E-state index in [-0.39, 0.29) is 42.6 Å². The molecule has 6 heterocycles. The SMILES string of the molecule is Cc1nnc(-c2cc3c(c(F)c2F)N2C[C@H](C)O[C@H](C)C2C2(C3)C(=O)N(CN3CCN(C)CC3)C(=O)N(CN3CCN(C)CC3)C2=O)s1. The Labute approximate surface area is 283 Å². The molecule has 2 aromatic rings. The van der Waals surface area contributed by atoms with Crippen molar-refractivity contribution < 1.29 is 27.9 Å². The van der Waals surface area contributed by atoms with Gasteiger partial charge in [-0.3, -0.25) is 19.4 Å². The lowest BCUT2D eigenvalue weighted by Gasteiger charge is -2.58. The maximum Gasteiger partial charge on any atom is 0.335 e. The summed E-state index contributed by atoms with van der Waals surface area (Å²) in [4.78, 5) is 57.0. The first-order valence-corrected chi connectivity index (χ1v) is 17.4. The number of imide groups is 2. The van der Waals surface area contributed by atoms with Crippen molar-refractivity contribution in [1.82, 2.24) is 39.6 Å². The van der Waals surface area contributed by atoms with Crippen LogP contribution >= 0.6 is 11.3 Å². The molecule has 0 radical (unpaired) electrons. The van der Waals surface area contributed by atoms with Crippen molar-refractivity contribution in [1.29, 1.82) is 0 Å². The van der Waals surface area contributed by atoms with Crippen LogP contribution in [0.1, 0.15) is 24.4 Å². The Balaban J connectivity index is 1.37. The van der Waals surface area contributed by atoms with Gasteiger partial charge in [0.25, 0.3) is 0 Å². The second kappa shape index (κ2) is 12.6. The molecule has 1 aromatic carbocycles. The second-order valence-corrected chi connectivity index (χ2v) is 15.1. The van der Waals surface area contributed by atoms with Crippen LogP contribution in [-0.2, 0) is 20.7 Å². The third-order valence-electron chi connectivity index (χ3n) is 10.5. The number of ether oxygens (including phenoxy) is 1. The first-order valence-electron chi connectivity index (χ1n) is 16.6. The number of urea groups is 1. The zero-order valence-electron chi connectivity index (χ0n) is 28.1. The number of piperazine rings is 2. The van der Waals surface area contributed by atoms with Gasteiger partial charge in [-0.15, -0.1) is 10.2 Å². The highest BCUT2D eigenvalue weighted by Gasteiger charge is 2.67. The first-order chi connectivity index (χ1) is 22.9. The quantitative estimate of drug-likeness (QED) is 0.427. The molecule has 13 nitrogen and oxygen atoms in total. The lowest BCUT2D eigenvalue weighted by molar-refractivity contribution is -0.171. The number of amides is 4. The summed E-state index contributed by atoms with van der Waals surface area (Å²) in [6.45, 7) is 11.2. The summed E-state index contributed by atoms with van der Waals surface area (Å²) in [6.07, 6.45) is -1.34. The number of nitrogens with zero attached hydrogens (tertiary/aromatic N) is 9. The van der Waals surface area contributed by atoms with Gasteiger partial charge in [0.2, 0.25) is 11.8 Å². The zero-order chi connectivity index (χ0) is 34.1. The van der Waals surface area contributed by atoms with Gasteiger partial charge in [-0.05, 0) is 46.5 Å². The van der Waals surface area contributed by atoms with Crippen molar-refractivity contribution in [2.24, 2.45) is 5.41 Å². The number of fused-ring (bicyclic) bond motifs is 4. The molecule has 16 heteroatoms. The number of morpholine rings is 1. The molecule has 260 valence electrons. The molecule has 1 spiro atoms. The van der Waals surface area contributed by atoms with Crippen molar-refractivity contribution in [3.63, 3.8) is 0 Å². The van der Waals surface area contributed by atoms with E-state index in [0.717, 1.165) is 37.5 Å². The summed E-state index contributed by atoms with van der Waals surface area (Å²) in [7, 11) is 4.05. The largest absolute Gasteiger partial charge is 0.372 e. The van der Waals surface area contributed by atoms with Gasteiger partial charge in [-0.1, -0.05) is 11.3 Å². The fraction of sp³-hybridized carbons (Fsp3) is 0.656. The number of likely N-dealkylation sites (N-methyl/N-ethyl adjacent to an activating group) is 2. The van der Waals surface area contributed by atoms with Gasteiger partial charge in [0.15, 0.2) is 22.1 Å². The molecule has 4 saturated heterocycles. The molecule has 4 fully saturated rings. The van der Waals surface area contributed by atoms with Gasteiger partial charge in [-0.25, -0.2) is 23.4 Å². The number of hydrogen-bond donors (Lipinski definition) is 0. The number of halogens is 2. The number of aromatic nitrogens is 2. The fourth-order valence-corrected chi connectivity index (χ4v) is 8.73. The highest BCUT2D eigenvalue weighted by molar-refractivity contribution is 7.14. The average molecular weight is 688 g/mol. The number of anilines is 1. The van der Waals surface area contributed by atoms with Gasteiger partial charge >= 0.3 is 6.03 Å². The summed E-state index contributed by atoms with van der Waals surface area (Å²) < 4.78 is 38.5. The highest BCUT2D eigenvalue weighted by Crippen LogP contribution is 2.51. The third-order valence-corrected chi connectivity index (χ3v) is 11.4. The van der Waals surface area contributed by atoms with E-state index in [1.54, 1.807) is 18.7 Å². The van der Waals surface area contributed by atoms with Crippen LogP contribution in [-0.4, -0.2) is 162 Å². The molecular weight excluding hydrogens is 644 g/mol. The Kier molecular flexibility index (Phi) is 8.77. The number of carbonyl (C=O) groups is 3. The monoisotopic (exact) mass is 687 g/mol. The summed E-state index contributed by atoms with van der Waals surface area (Å²) in [6, 6.07) is -0.134. The topological polar surface area (TPSA) is 109 Å². The molecule has 5 aliphatic rings. The number of hydrogen-bond acceptors (Lipinski definition) is 12. The highest BCUT2D eigenvalue weighted by atomic mass is 32.1. The molecule has 4 amide bonds. The van der Waals surface area contributed by atoms with E-state index in [0.29, 0.717) is 36.8 Å². The molecular formula is C32H43F2N9O4S. The zero-order valence-corrected chi connectivity index (χ0v) is 28.9. The van der Waals surface area contributed by atoms with E-state index in [1.807, 2.05) is 21.0 Å². The Morgan fingerprint density at radius 1 is 0.875 bits per heavy atom. The van der Waals surface area contributed by atoms with Crippen LogP contribution in [0.3, 0.4) is 0 Å². The van der Waals surface area contributed by atoms with Crippen molar-refractivity contribution in [2.75, 3.05) is 91.2 Å². The number of barbiturate groups is 1. The molecule has 3 atom stereocenters. The van der Waals surface area contributed by atoms with Crippen molar-refractivity contribution >= 4 is 34.9 Å². The van der Waals surface area contributed by atoms with Crippen LogP contribution in [0, 0.1) is 24.0 Å². The maximum atomic E-state index is 16.3. The maximum absolute atomic E-state index is 16.3. The van der Waals surface area contributed by atoms with E-state index in [9.17, 15) is 4.79 Å². The van der Waals surface area contributed by atoms with Crippen LogP contribution in [0.2, 0.25) is 0 Å². The second-order valence-electron chi connectivity index (χ2n) is 14.0. The van der Waals surface area contributed by atoms with Crippen LogP contribution < -0.4 is 4.90 Å². The molecule has 0 N–H and O–H groups in total. The normalized spacial score (nSPS) is 27.6. The van der Waals surface area contributed by atoms with Crippen LogP contribution in [0.4, 0.5) is 19.3 Å². The molecule has 1 unspecified atom stereocenters. The molecule has 5 aliphatic heterocycles. The smallest absolute Gasteiger partial charge is 0.335 e. The molecule has 0 bridgehead atoms. The first kappa shape index (κ1) is 33.4. The predicted octanol–water partition coefficient (Wildman–Crippen LogP) is 1.52. The van der Waals surface area contributed by atoms with Gasteiger partial charge in [-0.2, -0.15) is 0 Å². The van der Waals surface area contributed by atoms with Gasteiger partial charge in [0, 0.05) is 65.3 Å². The van der Waals surface area contributed by atoms with E-state index in [4.69, 9.17) is 4.74 Å². The summed E-state index contributed by atoms with van der Waals surface area (Å²) in [5.74, 6) is -3.38. The molecule has 48 heavy (non-hydrogen) atoms. The van der Waals surface area contributed by atoms with E-state index >= 15 is 18.4 Å². The van der Waals surface area contributed by atoms with Crippen LogP contribution in [0.25, 0.3) is 10.6 Å².